The SMILES string of the molecule is COC(=O)c1c(NC(=O)/C(C#N)=C/c2ccc(Cl)cc2)sc2c1CCCC2. The zero-order valence-electron chi connectivity index (χ0n) is 14.7. The van der Waals surface area contributed by atoms with Crippen molar-refractivity contribution in [3.8, 4) is 6.07 Å². The number of aryl methyl sites for hydroxylation is 1. The van der Waals surface area contributed by atoms with Crippen LogP contribution < -0.4 is 5.32 Å². The quantitative estimate of drug-likeness (QED) is 0.461. The van der Waals surface area contributed by atoms with Crippen LogP contribution in [0.4, 0.5) is 5.00 Å². The summed E-state index contributed by atoms with van der Waals surface area (Å²) in [5.41, 5.74) is 1.99. The lowest BCUT2D eigenvalue weighted by molar-refractivity contribution is -0.112. The number of methoxy groups -OCH3 is 1. The molecule has 0 saturated carbocycles. The molecule has 27 heavy (non-hydrogen) atoms. The third-order valence-corrected chi connectivity index (χ3v) is 5.79. The molecule has 0 spiro atoms. The van der Waals surface area contributed by atoms with Gasteiger partial charge in [-0.05, 0) is 55.0 Å². The normalized spacial score (nSPS) is 13.4. The Balaban J connectivity index is 1.90. The molecule has 0 fully saturated rings. The number of carbonyl (C=O) groups excluding carboxylic acids is 2. The van der Waals surface area contributed by atoms with Crippen molar-refractivity contribution in [1.29, 1.82) is 5.26 Å². The van der Waals surface area contributed by atoms with Crippen molar-refractivity contribution >= 4 is 45.9 Å². The summed E-state index contributed by atoms with van der Waals surface area (Å²) in [6, 6.07) is 8.72. The number of anilines is 1. The van der Waals surface area contributed by atoms with Gasteiger partial charge in [0.05, 0.1) is 12.7 Å². The number of nitrogens with zero attached hydrogens (tertiary/aromatic N) is 1. The predicted octanol–water partition coefficient (Wildman–Crippen LogP) is 4.61. The average molecular weight is 401 g/mol. The summed E-state index contributed by atoms with van der Waals surface area (Å²) in [6.07, 6.45) is 5.21. The first kappa shape index (κ1) is 19.2. The predicted molar refractivity (Wildman–Crippen MR) is 106 cm³/mol. The highest BCUT2D eigenvalue weighted by Crippen LogP contribution is 2.38. The highest BCUT2D eigenvalue weighted by molar-refractivity contribution is 7.17. The molecule has 0 saturated heterocycles. The lowest BCUT2D eigenvalue weighted by atomic mass is 9.95. The number of fused-ring (bicyclic) bond motifs is 1. The first-order valence-electron chi connectivity index (χ1n) is 8.45. The Hall–Kier alpha value is -2.62. The molecule has 138 valence electrons. The smallest absolute Gasteiger partial charge is 0.341 e. The van der Waals surface area contributed by atoms with E-state index in [0.29, 0.717) is 21.2 Å². The van der Waals surface area contributed by atoms with Crippen LogP contribution in [0.2, 0.25) is 5.02 Å². The minimum absolute atomic E-state index is 0.0560. The lowest BCUT2D eigenvalue weighted by Crippen LogP contribution is -2.16. The molecule has 1 aliphatic rings. The molecular formula is C20H17ClN2O3S. The standard InChI is InChI=1S/C20H17ClN2O3S/c1-26-20(25)17-15-4-2-3-5-16(15)27-19(17)23-18(24)13(11-22)10-12-6-8-14(21)9-7-12/h6-10H,2-5H2,1H3,(H,23,24)/b13-10+. The van der Waals surface area contributed by atoms with Crippen LogP contribution in [0.1, 0.15) is 39.2 Å². The van der Waals surface area contributed by atoms with E-state index in [2.05, 4.69) is 5.32 Å². The van der Waals surface area contributed by atoms with E-state index in [-0.39, 0.29) is 5.57 Å². The summed E-state index contributed by atoms with van der Waals surface area (Å²) >= 11 is 7.24. The summed E-state index contributed by atoms with van der Waals surface area (Å²) in [5.74, 6) is -1.03. The third-order valence-electron chi connectivity index (χ3n) is 4.33. The van der Waals surface area contributed by atoms with E-state index >= 15 is 0 Å². The highest BCUT2D eigenvalue weighted by Gasteiger charge is 2.27. The molecule has 0 aliphatic heterocycles. The number of carbonyl (C=O) groups is 2. The third kappa shape index (κ3) is 4.21. The van der Waals surface area contributed by atoms with Crippen LogP contribution in [0, 0.1) is 11.3 Å². The number of hydrogen-bond acceptors (Lipinski definition) is 5. The summed E-state index contributed by atoms with van der Waals surface area (Å²) < 4.78 is 4.90. The van der Waals surface area contributed by atoms with Gasteiger partial charge in [-0.15, -0.1) is 11.3 Å². The maximum Gasteiger partial charge on any atom is 0.341 e. The van der Waals surface area contributed by atoms with Crippen molar-refractivity contribution < 1.29 is 14.3 Å². The molecule has 0 unspecified atom stereocenters. The van der Waals surface area contributed by atoms with Crippen LogP contribution in [0.5, 0.6) is 0 Å². The maximum atomic E-state index is 12.6. The van der Waals surface area contributed by atoms with Gasteiger partial charge in [0, 0.05) is 9.90 Å². The Labute approximate surface area is 166 Å². The number of rotatable bonds is 4. The lowest BCUT2D eigenvalue weighted by Gasteiger charge is -2.11. The molecule has 0 bridgehead atoms. The van der Waals surface area contributed by atoms with E-state index in [0.717, 1.165) is 36.1 Å². The van der Waals surface area contributed by atoms with Crippen LogP contribution in [0.3, 0.4) is 0 Å². The molecule has 1 aromatic carbocycles. The van der Waals surface area contributed by atoms with E-state index in [1.807, 2.05) is 6.07 Å². The van der Waals surface area contributed by atoms with E-state index in [1.165, 1.54) is 24.5 Å². The molecular weight excluding hydrogens is 384 g/mol. The fourth-order valence-electron chi connectivity index (χ4n) is 3.02. The number of esters is 1. The number of nitriles is 1. The largest absolute Gasteiger partial charge is 0.465 e. The number of ether oxygens (including phenoxy) is 1. The number of nitrogens with one attached hydrogen (secondary N) is 1. The monoisotopic (exact) mass is 400 g/mol. The van der Waals surface area contributed by atoms with Crippen molar-refractivity contribution in [3.05, 3.63) is 56.4 Å². The average Bonchev–Trinajstić information content (AvgIpc) is 3.04. The van der Waals surface area contributed by atoms with Gasteiger partial charge < -0.3 is 10.1 Å². The van der Waals surface area contributed by atoms with Crippen molar-refractivity contribution in [2.45, 2.75) is 25.7 Å². The van der Waals surface area contributed by atoms with Crippen LogP contribution in [-0.4, -0.2) is 19.0 Å². The number of benzene rings is 1. The first-order chi connectivity index (χ1) is 13.0. The Morgan fingerprint density at radius 1 is 1.26 bits per heavy atom. The second-order valence-electron chi connectivity index (χ2n) is 6.08. The van der Waals surface area contributed by atoms with Gasteiger partial charge in [-0.2, -0.15) is 5.26 Å². The minimum atomic E-state index is -0.559. The number of thiophene rings is 1. The van der Waals surface area contributed by atoms with Gasteiger partial charge in [0.2, 0.25) is 0 Å². The second-order valence-corrected chi connectivity index (χ2v) is 7.62. The Morgan fingerprint density at radius 2 is 1.96 bits per heavy atom. The fraction of sp³-hybridized carbons (Fsp3) is 0.250. The van der Waals surface area contributed by atoms with Gasteiger partial charge >= 0.3 is 5.97 Å². The number of hydrogen-bond donors (Lipinski definition) is 1. The topological polar surface area (TPSA) is 79.2 Å². The summed E-state index contributed by atoms with van der Waals surface area (Å²) in [7, 11) is 1.32. The van der Waals surface area contributed by atoms with Crippen molar-refractivity contribution in [3.63, 3.8) is 0 Å². The van der Waals surface area contributed by atoms with Crippen molar-refractivity contribution in [2.75, 3.05) is 12.4 Å². The Morgan fingerprint density at radius 3 is 2.63 bits per heavy atom. The van der Waals surface area contributed by atoms with Crippen molar-refractivity contribution in [1.82, 2.24) is 0 Å². The van der Waals surface area contributed by atoms with E-state index < -0.39 is 11.9 Å². The van der Waals surface area contributed by atoms with Crippen molar-refractivity contribution in [2.24, 2.45) is 0 Å². The van der Waals surface area contributed by atoms with E-state index in [4.69, 9.17) is 16.3 Å². The van der Waals surface area contributed by atoms with Gasteiger partial charge in [-0.3, -0.25) is 4.79 Å². The van der Waals surface area contributed by atoms with Gasteiger partial charge in [0.15, 0.2) is 0 Å². The number of halogens is 1. The molecule has 1 aromatic heterocycles. The Bertz CT molecular complexity index is 955. The minimum Gasteiger partial charge on any atom is -0.465 e. The molecule has 1 aliphatic carbocycles. The first-order valence-corrected chi connectivity index (χ1v) is 9.64. The molecule has 1 N–H and O–H groups in total. The molecule has 1 amide bonds. The zero-order chi connectivity index (χ0) is 19.4. The highest BCUT2D eigenvalue weighted by atomic mass is 35.5. The molecule has 0 atom stereocenters. The summed E-state index contributed by atoms with van der Waals surface area (Å²) in [5, 5.41) is 13.1. The van der Waals surface area contributed by atoms with E-state index in [9.17, 15) is 14.9 Å². The summed E-state index contributed by atoms with van der Waals surface area (Å²) in [6.45, 7) is 0. The molecule has 5 nitrogen and oxygen atoms in total. The van der Waals surface area contributed by atoms with Gasteiger partial charge in [0.1, 0.15) is 16.6 Å². The van der Waals surface area contributed by atoms with Gasteiger partial charge in [0.25, 0.3) is 5.91 Å². The Kier molecular flexibility index (Phi) is 5.94. The van der Waals surface area contributed by atoms with Crippen LogP contribution >= 0.6 is 22.9 Å². The number of amides is 1. The molecule has 0 radical (unpaired) electrons. The van der Waals surface area contributed by atoms with Crippen LogP contribution in [0.25, 0.3) is 6.08 Å². The zero-order valence-corrected chi connectivity index (χ0v) is 16.2. The van der Waals surface area contributed by atoms with Crippen LogP contribution in [0.15, 0.2) is 29.8 Å². The molecule has 2 aromatic rings. The van der Waals surface area contributed by atoms with Gasteiger partial charge in [-0.1, -0.05) is 23.7 Å². The summed E-state index contributed by atoms with van der Waals surface area (Å²) in [4.78, 5) is 26.0. The van der Waals surface area contributed by atoms with E-state index in [1.54, 1.807) is 24.3 Å². The van der Waals surface area contributed by atoms with Gasteiger partial charge in [-0.25, -0.2) is 4.79 Å². The molecule has 1 heterocycles. The maximum absolute atomic E-state index is 12.6. The molecule has 7 heteroatoms. The molecule has 3 rings (SSSR count). The van der Waals surface area contributed by atoms with Crippen LogP contribution in [-0.2, 0) is 22.4 Å². The fourth-order valence-corrected chi connectivity index (χ4v) is 4.42. The second kappa shape index (κ2) is 8.38.